The van der Waals surface area contributed by atoms with Gasteiger partial charge in [0.1, 0.15) is 0 Å². The van der Waals surface area contributed by atoms with Crippen LogP contribution in [-0.2, 0) is 0 Å². The maximum atomic E-state index is 11.8. The molecule has 0 aromatic heterocycles. The molecule has 2 aromatic carbocycles. The van der Waals surface area contributed by atoms with Crippen molar-refractivity contribution >= 4 is 49.8 Å². The van der Waals surface area contributed by atoms with Gasteiger partial charge in [-0.3, -0.25) is 0 Å². The van der Waals surface area contributed by atoms with Crippen molar-refractivity contribution in [3.05, 3.63) is 50.4 Å². The van der Waals surface area contributed by atoms with E-state index in [-0.39, 0.29) is 5.75 Å². The number of aryl methyl sites for hydroxylation is 1. The molecule has 0 aliphatic heterocycles. The summed E-state index contributed by atoms with van der Waals surface area (Å²) < 4.78 is 6.49. The van der Waals surface area contributed by atoms with Crippen LogP contribution in [0, 0.1) is 6.92 Å². The van der Waals surface area contributed by atoms with E-state index in [4.69, 9.17) is 4.74 Å². The Balaban J connectivity index is 1.99. The van der Waals surface area contributed by atoms with Crippen LogP contribution in [0.2, 0.25) is 0 Å². The van der Waals surface area contributed by atoms with Gasteiger partial charge in [0.2, 0.25) is 0 Å². The van der Waals surface area contributed by atoms with E-state index >= 15 is 0 Å². The lowest BCUT2D eigenvalue weighted by molar-refractivity contribution is 0.252. The minimum atomic E-state index is -0.460. The lowest BCUT2D eigenvalue weighted by Crippen LogP contribution is -2.24. The van der Waals surface area contributed by atoms with Crippen LogP contribution in [0.15, 0.2) is 44.4 Å². The fourth-order valence-corrected chi connectivity index (χ4v) is 2.58. The third-order valence-corrected chi connectivity index (χ3v) is 4.56. The summed E-state index contributed by atoms with van der Waals surface area (Å²) in [5, 5.41) is 16.3. The average Bonchev–Trinajstić information content (AvgIpc) is 2.54. The van der Waals surface area contributed by atoms with Crippen LogP contribution in [0.25, 0.3) is 0 Å². The summed E-state index contributed by atoms with van der Waals surface area (Å²) in [5.74, 6) is 0.312. The average molecular weight is 457 g/mol. The number of aromatic hydroxyl groups is 1. The van der Waals surface area contributed by atoms with Crippen molar-refractivity contribution in [3.8, 4) is 11.5 Å². The van der Waals surface area contributed by atoms with Crippen LogP contribution in [0.3, 0.4) is 0 Å². The Morgan fingerprint density at radius 2 is 2.00 bits per heavy atom. The Kier molecular flexibility index (Phi) is 6.22. The number of nitrogens with zero attached hydrogens (tertiary/aromatic N) is 1. The van der Waals surface area contributed by atoms with Gasteiger partial charge in [0, 0.05) is 10.2 Å². The zero-order valence-electron chi connectivity index (χ0n) is 12.9. The number of hydrogen-bond donors (Lipinski definition) is 3. The number of hydrogen-bond acceptors (Lipinski definition) is 4. The largest absolute Gasteiger partial charge is 0.503 e. The SMILES string of the molecule is COc1cc(/C=N/NC(=O)Nc2ccc(Br)c(C)c2)cc(Br)c1O. The maximum Gasteiger partial charge on any atom is 0.339 e. The first-order valence-electron chi connectivity index (χ1n) is 6.83. The molecule has 24 heavy (non-hydrogen) atoms. The van der Waals surface area contributed by atoms with E-state index < -0.39 is 6.03 Å². The highest BCUT2D eigenvalue weighted by Gasteiger charge is 2.07. The van der Waals surface area contributed by atoms with Crippen LogP contribution in [0.5, 0.6) is 11.5 Å². The molecule has 0 aliphatic carbocycles. The standard InChI is InChI=1S/C16H15Br2N3O3/c1-9-5-11(3-4-12(9)17)20-16(23)21-19-8-10-6-13(18)15(22)14(7-10)24-2/h3-8,22H,1-2H3,(H2,20,21,23)/b19-8+. The summed E-state index contributed by atoms with van der Waals surface area (Å²) in [5.41, 5.74) is 4.70. The first-order chi connectivity index (χ1) is 11.4. The van der Waals surface area contributed by atoms with E-state index in [9.17, 15) is 9.90 Å². The molecule has 2 amide bonds. The van der Waals surface area contributed by atoms with Gasteiger partial charge < -0.3 is 15.2 Å². The van der Waals surface area contributed by atoms with Crippen molar-refractivity contribution in [2.75, 3.05) is 12.4 Å². The highest BCUT2D eigenvalue weighted by Crippen LogP contribution is 2.34. The van der Waals surface area contributed by atoms with E-state index in [0.717, 1.165) is 10.0 Å². The molecule has 0 saturated heterocycles. The van der Waals surface area contributed by atoms with Crippen LogP contribution >= 0.6 is 31.9 Å². The van der Waals surface area contributed by atoms with Crippen molar-refractivity contribution in [2.45, 2.75) is 6.92 Å². The molecule has 0 aliphatic rings. The molecule has 0 radical (unpaired) electrons. The van der Waals surface area contributed by atoms with Crippen LogP contribution in [-0.4, -0.2) is 24.5 Å². The van der Waals surface area contributed by atoms with Gasteiger partial charge in [0.05, 0.1) is 17.8 Å². The van der Waals surface area contributed by atoms with E-state index in [1.165, 1.54) is 13.3 Å². The molecule has 0 bridgehead atoms. The van der Waals surface area contributed by atoms with Gasteiger partial charge in [-0.1, -0.05) is 15.9 Å². The normalized spacial score (nSPS) is 10.7. The number of amides is 2. The molecule has 8 heteroatoms. The number of carbonyl (C=O) groups excluding carboxylic acids is 1. The first-order valence-corrected chi connectivity index (χ1v) is 8.42. The molecule has 0 fully saturated rings. The number of ether oxygens (including phenoxy) is 1. The second-order valence-electron chi connectivity index (χ2n) is 4.84. The summed E-state index contributed by atoms with van der Waals surface area (Å²) >= 11 is 6.62. The Morgan fingerprint density at radius 3 is 2.67 bits per heavy atom. The fraction of sp³-hybridized carbons (Fsp3) is 0.125. The summed E-state index contributed by atoms with van der Waals surface area (Å²) in [6, 6.07) is 8.27. The zero-order chi connectivity index (χ0) is 17.7. The highest BCUT2D eigenvalue weighted by atomic mass is 79.9. The van der Waals surface area contributed by atoms with E-state index in [1.54, 1.807) is 18.2 Å². The topological polar surface area (TPSA) is 83.0 Å². The van der Waals surface area contributed by atoms with Crippen molar-refractivity contribution in [3.63, 3.8) is 0 Å². The Labute approximate surface area is 156 Å². The summed E-state index contributed by atoms with van der Waals surface area (Å²) in [4.78, 5) is 11.8. The Morgan fingerprint density at radius 1 is 1.25 bits per heavy atom. The van der Waals surface area contributed by atoms with Crippen LogP contribution in [0.1, 0.15) is 11.1 Å². The molecule has 0 spiro atoms. The Bertz CT molecular complexity index is 794. The van der Waals surface area contributed by atoms with E-state index in [1.807, 2.05) is 19.1 Å². The van der Waals surface area contributed by atoms with E-state index in [2.05, 4.69) is 47.7 Å². The number of phenols is 1. The quantitative estimate of drug-likeness (QED) is 0.471. The monoisotopic (exact) mass is 455 g/mol. The molecular weight excluding hydrogens is 442 g/mol. The first kappa shape index (κ1) is 18.3. The minimum Gasteiger partial charge on any atom is -0.503 e. The molecule has 0 unspecified atom stereocenters. The van der Waals surface area contributed by atoms with Crippen molar-refractivity contribution in [2.24, 2.45) is 5.10 Å². The summed E-state index contributed by atoms with van der Waals surface area (Å²) in [6.07, 6.45) is 1.44. The second-order valence-corrected chi connectivity index (χ2v) is 6.55. The van der Waals surface area contributed by atoms with Crippen molar-refractivity contribution < 1.29 is 14.6 Å². The molecule has 2 aromatic rings. The van der Waals surface area contributed by atoms with Gasteiger partial charge in [-0.2, -0.15) is 5.10 Å². The molecule has 126 valence electrons. The van der Waals surface area contributed by atoms with Gasteiger partial charge in [0.25, 0.3) is 0 Å². The number of rotatable bonds is 4. The third kappa shape index (κ3) is 4.72. The predicted molar refractivity (Wildman–Crippen MR) is 101 cm³/mol. The van der Waals surface area contributed by atoms with Gasteiger partial charge in [-0.05, 0) is 64.3 Å². The molecular formula is C16H15Br2N3O3. The number of nitrogens with one attached hydrogen (secondary N) is 2. The van der Waals surface area contributed by atoms with Crippen LogP contribution < -0.4 is 15.5 Å². The molecule has 6 nitrogen and oxygen atoms in total. The summed E-state index contributed by atoms with van der Waals surface area (Å²) in [7, 11) is 1.45. The smallest absolute Gasteiger partial charge is 0.339 e. The molecule has 0 atom stereocenters. The minimum absolute atomic E-state index is 0.00552. The third-order valence-electron chi connectivity index (χ3n) is 3.07. The number of urea groups is 1. The second kappa shape index (κ2) is 8.16. The zero-order valence-corrected chi connectivity index (χ0v) is 16.1. The molecule has 0 saturated carbocycles. The number of hydrazone groups is 1. The van der Waals surface area contributed by atoms with Gasteiger partial charge in [-0.15, -0.1) is 0 Å². The number of phenolic OH excluding ortho intramolecular Hbond substituents is 1. The van der Waals surface area contributed by atoms with Gasteiger partial charge in [-0.25, -0.2) is 10.2 Å². The van der Waals surface area contributed by atoms with Gasteiger partial charge in [0.15, 0.2) is 11.5 Å². The molecule has 0 heterocycles. The predicted octanol–water partition coefficient (Wildman–Crippen LogP) is 4.39. The molecule has 3 N–H and O–H groups in total. The number of carbonyl (C=O) groups is 1. The Hall–Kier alpha value is -2.06. The number of anilines is 1. The highest BCUT2D eigenvalue weighted by molar-refractivity contribution is 9.10. The fourth-order valence-electron chi connectivity index (χ4n) is 1.87. The maximum absolute atomic E-state index is 11.8. The number of benzene rings is 2. The lowest BCUT2D eigenvalue weighted by Gasteiger charge is -2.07. The van der Waals surface area contributed by atoms with E-state index in [0.29, 0.717) is 21.5 Å². The van der Waals surface area contributed by atoms with Gasteiger partial charge >= 0.3 is 6.03 Å². The molecule has 2 rings (SSSR count). The number of halogens is 2. The van der Waals surface area contributed by atoms with Crippen LogP contribution in [0.4, 0.5) is 10.5 Å². The van der Waals surface area contributed by atoms with Crippen molar-refractivity contribution in [1.29, 1.82) is 0 Å². The lowest BCUT2D eigenvalue weighted by atomic mass is 10.2. The van der Waals surface area contributed by atoms with Crippen molar-refractivity contribution in [1.82, 2.24) is 5.43 Å². The number of methoxy groups -OCH3 is 1. The summed E-state index contributed by atoms with van der Waals surface area (Å²) in [6.45, 7) is 1.93.